The van der Waals surface area contributed by atoms with Crippen LogP contribution in [0.3, 0.4) is 0 Å². The van der Waals surface area contributed by atoms with Crippen molar-refractivity contribution in [3.8, 4) is 0 Å². The molecule has 4 heterocycles. The van der Waals surface area contributed by atoms with Gasteiger partial charge in [-0.05, 0) is 19.8 Å². The highest BCUT2D eigenvalue weighted by molar-refractivity contribution is 6.09. The molecule has 4 aliphatic rings. The largest absolute Gasteiger partial charge is 0.378 e. The van der Waals surface area contributed by atoms with Crippen LogP contribution in [0.1, 0.15) is 37.2 Å². The van der Waals surface area contributed by atoms with Gasteiger partial charge in [-0.15, -0.1) is 0 Å². The Kier molecular flexibility index (Phi) is 5.59. The monoisotopic (exact) mass is 435 g/mol. The van der Waals surface area contributed by atoms with Gasteiger partial charge in [0.25, 0.3) is 0 Å². The third-order valence-electron chi connectivity index (χ3n) is 6.15. The molecule has 0 bridgehead atoms. The van der Waals surface area contributed by atoms with Crippen molar-refractivity contribution in [3.63, 3.8) is 0 Å². The quantitative estimate of drug-likeness (QED) is 0.717. The minimum atomic E-state index is -2.99. The maximum atomic E-state index is 12.7. The van der Waals surface area contributed by atoms with Crippen molar-refractivity contribution < 1.29 is 18.4 Å². The van der Waals surface area contributed by atoms with E-state index >= 15 is 0 Å². The maximum absolute atomic E-state index is 12.7. The number of ether oxygens (including phenoxy) is 1. The van der Waals surface area contributed by atoms with Crippen LogP contribution in [0.2, 0.25) is 0 Å². The minimum absolute atomic E-state index is 0.283. The van der Waals surface area contributed by atoms with Gasteiger partial charge in [-0.3, -0.25) is 15.6 Å². The summed E-state index contributed by atoms with van der Waals surface area (Å²) >= 11 is 0. The zero-order chi connectivity index (χ0) is 21.5. The van der Waals surface area contributed by atoms with Crippen LogP contribution in [0.4, 0.5) is 14.6 Å². The Hall–Kier alpha value is -2.21. The Morgan fingerprint density at radius 3 is 2.68 bits per heavy atom. The number of hydrogen-bond donors (Lipinski definition) is 1. The lowest BCUT2D eigenvalue weighted by atomic mass is 10.1. The number of halogens is 2. The van der Waals surface area contributed by atoms with Crippen molar-refractivity contribution in [1.29, 1.82) is 0 Å². The molecule has 9 nitrogen and oxygen atoms in total. The number of hydrogen-bond acceptors (Lipinski definition) is 9. The molecule has 0 spiro atoms. The van der Waals surface area contributed by atoms with Gasteiger partial charge < -0.3 is 9.64 Å². The smallest absolute Gasteiger partial charge is 0.365 e. The Balaban J connectivity index is 1.41. The van der Waals surface area contributed by atoms with Crippen LogP contribution in [0, 0.1) is 0 Å². The molecule has 2 N–H and O–H groups in total. The van der Waals surface area contributed by atoms with E-state index in [2.05, 4.69) is 26.6 Å². The first-order valence-electron chi connectivity index (χ1n) is 10.7. The number of allylic oxidation sites excluding steroid dienone is 1. The minimum Gasteiger partial charge on any atom is -0.378 e. The summed E-state index contributed by atoms with van der Waals surface area (Å²) in [5.41, 5.74) is 6.94. The fraction of sp³-hybridized carbons (Fsp3) is 0.650. The molecule has 1 saturated carbocycles. The predicted octanol–water partition coefficient (Wildman–Crippen LogP) is 1.39. The molecular formula is C20H27F2N7O2. The van der Waals surface area contributed by atoms with E-state index in [0.717, 1.165) is 62.4 Å². The highest BCUT2D eigenvalue weighted by atomic mass is 19.3. The van der Waals surface area contributed by atoms with Gasteiger partial charge in [0.15, 0.2) is 6.29 Å². The van der Waals surface area contributed by atoms with Crippen LogP contribution in [0.5, 0.6) is 0 Å². The molecule has 2 atom stereocenters. The lowest BCUT2D eigenvalue weighted by molar-refractivity contribution is -0.274. The summed E-state index contributed by atoms with van der Waals surface area (Å²) in [6.07, 6.45) is 4.07. The highest BCUT2D eigenvalue weighted by Gasteiger charge is 2.34. The molecule has 31 heavy (non-hydrogen) atoms. The van der Waals surface area contributed by atoms with E-state index in [0.29, 0.717) is 23.2 Å². The van der Waals surface area contributed by atoms with E-state index < -0.39 is 12.9 Å². The van der Waals surface area contributed by atoms with Crippen LogP contribution in [0.15, 0.2) is 17.3 Å². The zero-order valence-electron chi connectivity index (χ0n) is 17.4. The Bertz CT molecular complexity index is 875. The van der Waals surface area contributed by atoms with Crippen molar-refractivity contribution in [3.05, 3.63) is 23.8 Å². The Morgan fingerprint density at radius 1 is 1.23 bits per heavy atom. The summed E-state index contributed by atoms with van der Waals surface area (Å²) in [5.74, 6) is 1.99. The summed E-state index contributed by atoms with van der Waals surface area (Å²) in [4.78, 5) is 22.9. The molecule has 1 aromatic rings. The average Bonchev–Trinajstić information content (AvgIpc) is 3.53. The predicted molar refractivity (Wildman–Crippen MR) is 110 cm³/mol. The van der Waals surface area contributed by atoms with Gasteiger partial charge in [-0.25, -0.2) is 19.9 Å². The lowest BCUT2D eigenvalue weighted by Gasteiger charge is -2.46. The molecule has 2 saturated heterocycles. The number of nitrogens with two attached hydrogens (primary N) is 1. The van der Waals surface area contributed by atoms with E-state index in [9.17, 15) is 8.78 Å². The molecule has 1 aromatic heterocycles. The molecule has 0 radical (unpaired) electrons. The standard InChI is InChI=1S/C20H27F2N7O2/c1-12-8-27(15-10-30-11-15)4-5-28(12)17-6-16(25-18(26-17)13-2-3-13)14-7-24-20(23)29(9-14)31-19(21)22/h6-7,9,12-13,15,19-20H,2-5,8,10-11,23H2,1H3. The zero-order valence-corrected chi connectivity index (χ0v) is 17.4. The van der Waals surface area contributed by atoms with Crippen LogP contribution in [-0.2, 0) is 9.57 Å². The van der Waals surface area contributed by atoms with Gasteiger partial charge in [-0.2, -0.15) is 8.78 Å². The van der Waals surface area contributed by atoms with Gasteiger partial charge in [0.1, 0.15) is 11.6 Å². The molecule has 3 fully saturated rings. The van der Waals surface area contributed by atoms with Gasteiger partial charge in [0, 0.05) is 55.6 Å². The molecule has 0 amide bonds. The number of aromatic nitrogens is 2. The van der Waals surface area contributed by atoms with Crippen molar-refractivity contribution in [2.45, 2.75) is 50.7 Å². The molecule has 0 aromatic carbocycles. The number of nitrogens with zero attached hydrogens (tertiary/aromatic N) is 6. The third-order valence-corrected chi connectivity index (χ3v) is 6.15. The first kappa shape index (κ1) is 20.7. The van der Waals surface area contributed by atoms with Crippen LogP contribution < -0.4 is 10.6 Å². The lowest BCUT2D eigenvalue weighted by Crippen LogP contribution is -2.59. The number of rotatable bonds is 6. The Labute approximate surface area is 179 Å². The number of piperazine rings is 1. The van der Waals surface area contributed by atoms with Crippen molar-refractivity contribution in [2.24, 2.45) is 10.7 Å². The van der Waals surface area contributed by atoms with E-state index in [4.69, 9.17) is 20.4 Å². The van der Waals surface area contributed by atoms with E-state index in [-0.39, 0.29) is 6.04 Å². The molecular weight excluding hydrogens is 408 g/mol. The van der Waals surface area contributed by atoms with Crippen LogP contribution >= 0.6 is 0 Å². The van der Waals surface area contributed by atoms with Gasteiger partial charge in [0.2, 0.25) is 0 Å². The summed E-state index contributed by atoms with van der Waals surface area (Å²) in [6, 6.07) is 2.70. The summed E-state index contributed by atoms with van der Waals surface area (Å²) < 4.78 is 30.8. The van der Waals surface area contributed by atoms with Crippen LogP contribution in [-0.4, -0.2) is 84.0 Å². The normalized spacial score (nSPS) is 27.6. The molecule has 168 valence electrons. The number of aliphatic imine (C=N–C) groups is 1. The fourth-order valence-corrected chi connectivity index (χ4v) is 4.15. The first-order chi connectivity index (χ1) is 15.0. The van der Waals surface area contributed by atoms with Crippen LogP contribution in [0.25, 0.3) is 5.57 Å². The van der Waals surface area contributed by atoms with Crippen molar-refractivity contribution in [1.82, 2.24) is 19.9 Å². The van der Waals surface area contributed by atoms with E-state index in [1.807, 2.05) is 6.07 Å². The SMILES string of the molecule is CC1CN(C2COC2)CCN1c1cc(C2=CN(OC(F)F)C(N)N=C2)nc(C2CC2)n1. The van der Waals surface area contributed by atoms with Gasteiger partial charge >= 0.3 is 6.61 Å². The molecule has 5 rings (SSSR count). The van der Waals surface area contributed by atoms with Crippen molar-refractivity contribution in [2.75, 3.05) is 37.7 Å². The second-order valence-corrected chi connectivity index (χ2v) is 8.47. The number of alkyl halides is 2. The third kappa shape index (κ3) is 4.40. The second-order valence-electron chi connectivity index (χ2n) is 8.47. The molecule has 2 unspecified atom stereocenters. The summed E-state index contributed by atoms with van der Waals surface area (Å²) in [6.45, 7) is 3.58. The number of anilines is 1. The molecule has 1 aliphatic carbocycles. The topological polar surface area (TPSA) is 92.3 Å². The fourth-order valence-electron chi connectivity index (χ4n) is 4.15. The maximum Gasteiger partial charge on any atom is 0.365 e. The molecule has 3 aliphatic heterocycles. The first-order valence-corrected chi connectivity index (χ1v) is 10.7. The highest BCUT2D eigenvalue weighted by Crippen LogP contribution is 2.39. The molecule has 11 heteroatoms. The van der Waals surface area contributed by atoms with E-state index in [1.54, 1.807) is 6.21 Å². The second kappa shape index (κ2) is 8.38. The van der Waals surface area contributed by atoms with Gasteiger partial charge in [-0.1, -0.05) is 0 Å². The Morgan fingerprint density at radius 2 is 2.03 bits per heavy atom. The van der Waals surface area contributed by atoms with Crippen molar-refractivity contribution >= 4 is 17.6 Å². The summed E-state index contributed by atoms with van der Waals surface area (Å²) in [5, 5.41) is 0.862. The van der Waals surface area contributed by atoms with E-state index in [1.165, 1.54) is 6.20 Å². The summed E-state index contributed by atoms with van der Waals surface area (Å²) in [7, 11) is 0. The number of hydroxylamine groups is 2. The average molecular weight is 435 g/mol. The van der Waals surface area contributed by atoms with Gasteiger partial charge in [0.05, 0.1) is 24.9 Å².